The minimum absolute atomic E-state index is 0.0313. The van der Waals surface area contributed by atoms with E-state index < -0.39 is 12.3 Å². The minimum Gasteiger partial charge on any atom is -0.466 e. The van der Waals surface area contributed by atoms with Gasteiger partial charge in [0.1, 0.15) is 0 Å². The lowest BCUT2D eigenvalue weighted by Gasteiger charge is -2.06. The van der Waals surface area contributed by atoms with Gasteiger partial charge in [-0.05, 0) is 0 Å². The van der Waals surface area contributed by atoms with Crippen molar-refractivity contribution in [1.29, 1.82) is 0 Å². The van der Waals surface area contributed by atoms with Gasteiger partial charge in [0.05, 0.1) is 26.9 Å². The van der Waals surface area contributed by atoms with Crippen molar-refractivity contribution in [1.82, 2.24) is 0 Å². The Bertz CT molecular complexity index is 159. The highest BCUT2D eigenvalue weighted by Crippen LogP contribution is 1.83. The SMILES string of the molecule is C=CC(=O)OC.COC(O)COCCO. The van der Waals surface area contributed by atoms with Gasteiger partial charge in [-0.2, -0.15) is 0 Å². The van der Waals surface area contributed by atoms with Crippen molar-refractivity contribution in [2.24, 2.45) is 0 Å². The molecular weight excluding hydrogens is 204 g/mol. The number of carbonyl (C=O) groups excluding carboxylic acids is 1. The van der Waals surface area contributed by atoms with Gasteiger partial charge in [0.25, 0.3) is 0 Å². The van der Waals surface area contributed by atoms with Crippen LogP contribution in [0.15, 0.2) is 12.7 Å². The first-order valence-corrected chi connectivity index (χ1v) is 4.22. The van der Waals surface area contributed by atoms with Crippen LogP contribution in [0.2, 0.25) is 0 Å². The Hall–Kier alpha value is -0.950. The maximum absolute atomic E-state index is 9.84. The Morgan fingerprint density at radius 3 is 2.40 bits per heavy atom. The molecule has 1 unspecified atom stereocenters. The van der Waals surface area contributed by atoms with Gasteiger partial charge in [0, 0.05) is 13.2 Å². The van der Waals surface area contributed by atoms with Crippen LogP contribution in [-0.4, -0.2) is 56.5 Å². The van der Waals surface area contributed by atoms with Gasteiger partial charge in [-0.25, -0.2) is 4.79 Å². The predicted octanol–water partition coefficient (Wildman–Crippen LogP) is -0.695. The molecule has 0 rings (SSSR count). The van der Waals surface area contributed by atoms with Crippen LogP contribution in [0.5, 0.6) is 0 Å². The van der Waals surface area contributed by atoms with Crippen LogP contribution in [-0.2, 0) is 19.0 Å². The average molecular weight is 222 g/mol. The van der Waals surface area contributed by atoms with E-state index in [1.54, 1.807) is 0 Å². The average Bonchev–Trinajstić information content (AvgIpc) is 2.28. The topological polar surface area (TPSA) is 85.2 Å². The fourth-order valence-corrected chi connectivity index (χ4v) is 0.400. The maximum Gasteiger partial charge on any atom is 0.329 e. The summed E-state index contributed by atoms with van der Waals surface area (Å²) in [5.41, 5.74) is 0. The number of ether oxygens (including phenoxy) is 3. The zero-order chi connectivity index (χ0) is 12.1. The van der Waals surface area contributed by atoms with Gasteiger partial charge >= 0.3 is 5.97 Å². The second-order valence-electron chi connectivity index (χ2n) is 2.22. The zero-order valence-electron chi connectivity index (χ0n) is 9.01. The van der Waals surface area contributed by atoms with Crippen LogP contribution < -0.4 is 0 Å². The van der Waals surface area contributed by atoms with Crippen molar-refractivity contribution >= 4 is 5.97 Å². The lowest BCUT2D eigenvalue weighted by molar-refractivity contribution is -0.134. The molecule has 2 N–H and O–H groups in total. The Morgan fingerprint density at radius 1 is 1.53 bits per heavy atom. The standard InChI is InChI=1S/C5H12O4.C4H6O2/c1-8-5(7)4-9-3-2-6;1-3-4(5)6-2/h5-7H,2-4H2,1H3;3H,1H2,2H3. The molecule has 0 saturated heterocycles. The normalized spacial score (nSPS) is 10.9. The van der Waals surface area contributed by atoms with Crippen molar-refractivity contribution in [3.63, 3.8) is 0 Å². The molecule has 0 aliphatic carbocycles. The number of hydrogen-bond acceptors (Lipinski definition) is 6. The van der Waals surface area contributed by atoms with Crippen LogP contribution in [0.3, 0.4) is 0 Å². The summed E-state index contributed by atoms with van der Waals surface area (Å²) in [6, 6.07) is 0. The molecule has 0 aromatic rings. The number of aliphatic hydroxyl groups excluding tert-OH is 2. The lowest BCUT2D eigenvalue weighted by Crippen LogP contribution is -2.18. The number of hydrogen-bond donors (Lipinski definition) is 2. The molecule has 90 valence electrons. The number of rotatable bonds is 6. The van der Waals surface area contributed by atoms with Gasteiger partial charge in [0.15, 0.2) is 6.29 Å². The van der Waals surface area contributed by atoms with Crippen LogP contribution in [0.1, 0.15) is 0 Å². The van der Waals surface area contributed by atoms with E-state index in [0.29, 0.717) is 0 Å². The molecule has 0 bridgehead atoms. The van der Waals surface area contributed by atoms with Crippen LogP contribution in [0.25, 0.3) is 0 Å². The number of aliphatic hydroxyl groups is 2. The van der Waals surface area contributed by atoms with E-state index in [0.717, 1.165) is 6.08 Å². The molecule has 6 nitrogen and oxygen atoms in total. The van der Waals surface area contributed by atoms with Crippen molar-refractivity contribution in [3.8, 4) is 0 Å². The molecule has 0 aromatic carbocycles. The molecule has 0 aliphatic heterocycles. The van der Waals surface area contributed by atoms with Crippen LogP contribution in [0.4, 0.5) is 0 Å². The fourth-order valence-electron chi connectivity index (χ4n) is 0.400. The van der Waals surface area contributed by atoms with E-state index in [1.807, 2.05) is 0 Å². The Balaban J connectivity index is 0. The number of esters is 1. The monoisotopic (exact) mass is 222 g/mol. The molecule has 0 amide bonds. The molecule has 0 saturated carbocycles. The highest BCUT2D eigenvalue weighted by Gasteiger charge is 1.98. The molecule has 0 radical (unpaired) electrons. The van der Waals surface area contributed by atoms with E-state index in [4.69, 9.17) is 14.9 Å². The quantitative estimate of drug-likeness (QED) is 0.268. The molecule has 0 heterocycles. The summed E-state index contributed by atoms with van der Waals surface area (Å²) in [6.07, 6.45) is 0.233. The molecular formula is C9H18O6. The highest BCUT2D eigenvalue weighted by molar-refractivity contribution is 5.80. The first-order valence-electron chi connectivity index (χ1n) is 4.22. The smallest absolute Gasteiger partial charge is 0.329 e. The molecule has 1 atom stereocenters. The third-order valence-corrected chi connectivity index (χ3v) is 1.14. The predicted molar refractivity (Wildman–Crippen MR) is 53.1 cm³/mol. The van der Waals surface area contributed by atoms with Crippen molar-refractivity contribution < 1.29 is 29.2 Å². The summed E-state index contributed by atoms with van der Waals surface area (Å²) in [4.78, 5) is 9.84. The fraction of sp³-hybridized carbons (Fsp3) is 0.667. The number of methoxy groups -OCH3 is 2. The second kappa shape index (κ2) is 13.1. The van der Waals surface area contributed by atoms with Crippen molar-refractivity contribution in [2.45, 2.75) is 6.29 Å². The van der Waals surface area contributed by atoms with E-state index in [1.165, 1.54) is 14.2 Å². The molecule has 0 aromatic heterocycles. The van der Waals surface area contributed by atoms with Gasteiger partial charge in [0.2, 0.25) is 0 Å². The molecule has 0 aliphatic rings. The highest BCUT2D eigenvalue weighted by atomic mass is 16.6. The summed E-state index contributed by atoms with van der Waals surface area (Å²) < 4.78 is 13.3. The third kappa shape index (κ3) is 15.8. The summed E-state index contributed by atoms with van der Waals surface area (Å²) in [7, 11) is 2.69. The van der Waals surface area contributed by atoms with Crippen LogP contribution >= 0.6 is 0 Å². The first-order chi connectivity index (χ1) is 7.12. The minimum atomic E-state index is -0.878. The molecule has 0 fully saturated rings. The second-order valence-corrected chi connectivity index (χ2v) is 2.22. The van der Waals surface area contributed by atoms with E-state index >= 15 is 0 Å². The summed E-state index contributed by atoms with van der Waals surface area (Å²) in [6.45, 7) is 3.47. The first kappa shape index (κ1) is 16.5. The van der Waals surface area contributed by atoms with E-state index in [2.05, 4.69) is 16.1 Å². The Kier molecular flexibility index (Phi) is 14.3. The van der Waals surface area contributed by atoms with Gasteiger partial charge in [-0.3, -0.25) is 0 Å². The number of carbonyl (C=O) groups is 1. The summed E-state index contributed by atoms with van der Waals surface area (Å²) in [5.74, 6) is -0.394. The molecule has 0 spiro atoms. The zero-order valence-corrected chi connectivity index (χ0v) is 9.01. The Labute approximate surface area is 89.1 Å². The maximum atomic E-state index is 9.84. The summed E-state index contributed by atoms with van der Waals surface area (Å²) in [5, 5.41) is 16.9. The van der Waals surface area contributed by atoms with Gasteiger partial charge < -0.3 is 24.4 Å². The van der Waals surface area contributed by atoms with E-state index in [9.17, 15) is 4.79 Å². The molecule has 6 heteroatoms. The molecule has 15 heavy (non-hydrogen) atoms. The van der Waals surface area contributed by atoms with Gasteiger partial charge in [-0.1, -0.05) is 6.58 Å². The third-order valence-electron chi connectivity index (χ3n) is 1.14. The summed E-state index contributed by atoms with van der Waals surface area (Å²) >= 11 is 0. The largest absolute Gasteiger partial charge is 0.466 e. The van der Waals surface area contributed by atoms with E-state index in [-0.39, 0.29) is 19.8 Å². The van der Waals surface area contributed by atoms with Crippen LogP contribution in [0, 0.1) is 0 Å². The lowest BCUT2D eigenvalue weighted by atomic mass is 10.7. The Morgan fingerprint density at radius 2 is 2.13 bits per heavy atom. The van der Waals surface area contributed by atoms with Gasteiger partial charge in [-0.15, -0.1) is 0 Å². The van der Waals surface area contributed by atoms with Crippen molar-refractivity contribution in [2.75, 3.05) is 34.0 Å². The van der Waals surface area contributed by atoms with Crippen molar-refractivity contribution in [3.05, 3.63) is 12.7 Å².